The van der Waals surface area contributed by atoms with Gasteiger partial charge in [-0.1, -0.05) is 66.4 Å². The molecule has 0 aliphatic rings. The molecular weight excluding hydrogens is 452 g/mol. The number of nitrogens with two attached hydrogens (primary N) is 1. The summed E-state index contributed by atoms with van der Waals surface area (Å²) in [5.41, 5.74) is 8.93. The Kier molecular flexibility index (Phi) is 13.7. The lowest BCUT2D eigenvalue weighted by Gasteiger charge is -2.13. The average molecular weight is 485 g/mol. The minimum atomic E-state index is 0.0216. The first-order valence-electron chi connectivity index (χ1n) is 10.8. The van der Waals surface area contributed by atoms with Gasteiger partial charge in [0.05, 0.1) is 12.1 Å². The number of hydrogen-bond donors (Lipinski definition) is 3. The maximum atomic E-state index is 9.58. The van der Waals surface area contributed by atoms with Crippen LogP contribution in [0, 0.1) is 12.8 Å². The minimum Gasteiger partial charge on any atom is -0.392 e. The van der Waals surface area contributed by atoms with Crippen LogP contribution in [0.3, 0.4) is 0 Å². The van der Waals surface area contributed by atoms with Gasteiger partial charge in [0.25, 0.3) is 0 Å². The van der Waals surface area contributed by atoms with E-state index >= 15 is 0 Å². The SMILES string of the molecule is C#C.C=C.C=CC.Nc1nc(NCc2ccccc2Sc2ccccc2CO)nc2ccccc12. The van der Waals surface area contributed by atoms with Crippen molar-refractivity contribution >= 4 is 34.4 Å². The van der Waals surface area contributed by atoms with E-state index in [-0.39, 0.29) is 6.61 Å². The minimum absolute atomic E-state index is 0.0216. The lowest BCUT2D eigenvalue weighted by molar-refractivity contribution is 0.279. The molecule has 4 rings (SSSR count). The smallest absolute Gasteiger partial charge is 0.225 e. The van der Waals surface area contributed by atoms with Crippen molar-refractivity contribution in [3.8, 4) is 12.8 Å². The highest BCUT2D eigenvalue weighted by Crippen LogP contribution is 2.33. The third-order valence-corrected chi connectivity index (χ3v) is 5.64. The lowest BCUT2D eigenvalue weighted by atomic mass is 10.2. The molecule has 4 N–H and O–H groups in total. The van der Waals surface area contributed by atoms with Gasteiger partial charge in [-0.2, -0.15) is 4.98 Å². The third kappa shape index (κ3) is 8.67. The van der Waals surface area contributed by atoms with E-state index in [9.17, 15) is 5.11 Å². The maximum Gasteiger partial charge on any atom is 0.225 e. The summed E-state index contributed by atoms with van der Waals surface area (Å²) in [6, 6.07) is 23.7. The number of nitrogens with one attached hydrogen (secondary N) is 1. The van der Waals surface area contributed by atoms with E-state index < -0.39 is 0 Å². The highest BCUT2D eigenvalue weighted by Gasteiger charge is 2.09. The van der Waals surface area contributed by atoms with Crippen molar-refractivity contribution < 1.29 is 5.11 Å². The average Bonchev–Trinajstić information content (AvgIpc) is 2.91. The number of anilines is 2. The zero-order valence-corrected chi connectivity index (χ0v) is 20.8. The molecule has 0 unspecified atom stereocenters. The number of aliphatic hydroxyl groups excluding tert-OH is 1. The second-order valence-corrected chi connectivity index (χ2v) is 7.77. The summed E-state index contributed by atoms with van der Waals surface area (Å²) in [5.74, 6) is 0.972. The Balaban J connectivity index is 0.000000797. The van der Waals surface area contributed by atoms with Crippen molar-refractivity contribution in [1.29, 1.82) is 0 Å². The number of allylic oxidation sites excluding steroid dienone is 1. The van der Waals surface area contributed by atoms with Crippen molar-refractivity contribution in [2.45, 2.75) is 29.9 Å². The predicted molar refractivity (Wildman–Crippen MR) is 151 cm³/mol. The zero-order valence-electron chi connectivity index (χ0n) is 20.0. The van der Waals surface area contributed by atoms with E-state index in [0.717, 1.165) is 31.8 Å². The lowest BCUT2D eigenvalue weighted by Crippen LogP contribution is -2.06. The number of terminal acetylenes is 1. The third-order valence-electron chi connectivity index (χ3n) is 4.41. The molecular formula is C29H32N4OS. The summed E-state index contributed by atoms with van der Waals surface area (Å²) in [5, 5.41) is 13.7. The van der Waals surface area contributed by atoms with Gasteiger partial charge in [0.15, 0.2) is 0 Å². The van der Waals surface area contributed by atoms with Crippen LogP contribution < -0.4 is 11.1 Å². The fraction of sp³-hybridized carbons (Fsp3) is 0.103. The number of nitrogen functional groups attached to an aromatic ring is 1. The van der Waals surface area contributed by atoms with Crippen molar-refractivity contribution in [2.24, 2.45) is 0 Å². The van der Waals surface area contributed by atoms with Gasteiger partial charge in [-0.05, 0) is 42.3 Å². The summed E-state index contributed by atoms with van der Waals surface area (Å²) >= 11 is 1.64. The van der Waals surface area contributed by atoms with Crippen LogP contribution in [-0.4, -0.2) is 15.1 Å². The molecule has 0 saturated carbocycles. The van der Waals surface area contributed by atoms with Crippen molar-refractivity contribution in [3.63, 3.8) is 0 Å². The first-order valence-corrected chi connectivity index (χ1v) is 11.6. The molecule has 5 nitrogen and oxygen atoms in total. The number of aliphatic hydroxyl groups is 1. The molecule has 0 atom stereocenters. The van der Waals surface area contributed by atoms with Crippen molar-refractivity contribution in [1.82, 2.24) is 9.97 Å². The largest absolute Gasteiger partial charge is 0.392 e. The van der Waals surface area contributed by atoms with Crippen LogP contribution in [0.4, 0.5) is 11.8 Å². The molecule has 0 fully saturated rings. The number of aromatic nitrogens is 2. The first kappa shape index (κ1) is 29.0. The summed E-state index contributed by atoms with van der Waals surface area (Å²) in [7, 11) is 0. The number of fused-ring (bicyclic) bond motifs is 1. The molecule has 1 heterocycles. The Labute approximate surface area is 212 Å². The van der Waals surface area contributed by atoms with Crippen molar-refractivity contribution in [2.75, 3.05) is 11.1 Å². The fourth-order valence-electron chi connectivity index (χ4n) is 2.96. The topological polar surface area (TPSA) is 84.1 Å². The van der Waals surface area contributed by atoms with Gasteiger partial charge in [-0.3, -0.25) is 0 Å². The summed E-state index contributed by atoms with van der Waals surface area (Å²) in [4.78, 5) is 11.1. The van der Waals surface area contributed by atoms with E-state index in [1.807, 2.05) is 67.6 Å². The Hall–Kier alpha value is -4.05. The van der Waals surface area contributed by atoms with E-state index in [0.29, 0.717) is 18.3 Å². The number of rotatable bonds is 6. The molecule has 4 aromatic rings. The van der Waals surface area contributed by atoms with Crippen LogP contribution in [-0.2, 0) is 13.2 Å². The van der Waals surface area contributed by atoms with Crippen LogP contribution in [0.1, 0.15) is 18.1 Å². The number of hydrogen-bond acceptors (Lipinski definition) is 6. The molecule has 180 valence electrons. The molecule has 0 radical (unpaired) electrons. The number of benzene rings is 3. The number of para-hydroxylation sites is 1. The highest BCUT2D eigenvalue weighted by molar-refractivity contribution is 7.99. The van der Waals surface area contributed by atoms with Gasteiger partial charge in [-0.25, -0.2) is 4.98 Å². The summed E-state index contributed by atoms with van der Waals surface area (Å²) in [6.07, 6.45) is 9.75. The van der Waals surface area contributed by atoms with Gasteiger partial charge in [-0.15, -0.1) is 32.6 Å². The van der Waals surface area contributed by atoms with E-state index in [1.165, 1.54) is 0 Å². The molecule has 0 saturated heterocycles. The Morgan fingerprint density at radius 3 is 2.06 bits per heavy atom. The quantitative estimate of drug-likeness (QED) is 0.208. The summed E-state index contributed by atoms with van der Waals surface area (Å²) < 4.78 is 0. The van der Waals surface area contributed by atoms with E-state index in [2.05, 4.69) is 60.0 Å². The number of nitrogens with zero attached hydrogens (tertiary/aromatic N) is 2. The molecule has 0 bridgehead atoms. The van der Waals surface area contributed by atoms with Crippen LogP contribution in [0.25, 0.3) is 10.9 Å². The van der Waals surface area contributed by atoms with Crippen molar-refractivity contribution in [3.05, 3.63) is 110 Å². The van der Waals surface area contributed by atoms with Crippen LogP contribution >= 0.6 is 11.8 Å². The molecule has 1 aromatic heterocycles. The first-order chi connectivity index (χ1) is 17.2. The molecule has 0 aliphatic carbocycles. The van der Waals surface area contributed by atoms with Crippen LogP contribution in [0.5, 0.6) is 0 Å². The Morgan fingerprint density at radius 1 is 0.914 bits per heavy atom. The summed E-state index contributed by atoms with van der Waals surface area (Å²) in [6.45, 7) is 11.8. The molecule has 0 aliphatic heterocycles. The highest BCUT2D eigenvalue weighted by atomic mass is 32.2. The zero-order chi connectivity index (χ0) is 26.1. The predicted octanol–water partition coefficient (Wildman–Crippen LogP) is 6.71. The molecule has 3 aromatic carbocycles. The second-order valence-electron chi connectivity index (χ2n) is 6.69. The normalized spacial score (nSPS) is 9.26. The Bertz CT molecular complexity index is 1220. The van der Waals surface area contributed by atoms with E-state index in [1.54, 1.807) is 17.8 Å². The molecule has 0 spiro atoms. The monoisotopic (exact) mass is 484 g/mol. The maximum absolute atomic E-state index is 9.58. The molecule has 35 heavy (non-hydrogen) atoms. The molecule has 6 heteroatoms. The van der Waals surface area contributed by atoms with Gasteiger partial charge < -0.3 is 16.2 Å². The van der Waals surface area contributed by atoms with Gasteiger partial charge in [0.2, 0.25) is 5.95 Å². The van der Waals surface area contributed by atoms with Gasteiger partial charge in [0, 0.05) is 21.7 Å². The van der Waals surface area contributed by atoms with Crippen LogP contribution in [0.2, 0.25) is 0 Å². The van der Waals surface area contributed by atoms with E-state index in [4.69, 9.17) is 5.73 Å². The Morgan fingerprint density at radius 2 is 1.43 bits per heavy atom. The second kappa shape index (κ2) is 16.5. The standard InChI is InChI=1S/C22H20N4OS.C3H6.C2H4.C2H2/c23-21-17-9-3-4-10-18(17)25-22(26-21)24-13-15-7-1-5-11-19(15)28-20-12-6-2-8-16(20)14-27;1-3-2;2*1-2/h1-12,27H,13-14H2,(H3,23,24,25,26);3H,1H2,2H3;1-2H2;1-2H. The van der Waals surface area contributed by atoms with Gasteiger partial charge >= 0.3 is 0 Å². The molecule has 0 amide bonds. The van der Waals surface area contributed by atoms with Gasteiger partial charge in [0.1, 0.15) is 5.82 Å². The fourth-order valence-corrected chi connectivity index (χ4v) is 4.02. The van der Waals surface area contributed by atoms with Crippen LogP contribution in [0.15, 0.2) is 108 Å².